The summed E-state index contributed by atoms with van der Waals surface area (Å²) in [5.41, 5.74) is 18.2. The van der Waals surface area contributed by atoms with Crippen molar-refractivity contribution in [2.75, 3.05) is 16.5 Å². The van der Waals surface area contributed by atoms with Gasteiger partial charge in [0.1, 0.15) is 17.3 Å². The highest BCUT2D eigenvalue weighted by molar-refractivity contribution is 6.09. The number of hydrogen-bond donors (Lipinski definition) is 0. The van der Waals surface area contributed by atoms with Gasteiger partial charge in [-0.1, -0.05) is 103 Å². The highest BCUT2D eigenvalue weighted by Gasteiger charge is 2.23. The molecule has 3 heterocycles. The normalized spacial score (nSPS) is 12.6. The van der Waals surface area contributed by atoms with Crippen LogP contribution in [0.3, 0.4) is 0 Å². The van der Waals surface area contributed by atoms with Gasteiger partial charge < -0.3 is 14.5 Å². The molecule has 0 N–H and O–H groups in total. The molecule has 0 fully saturated rings. The average molecular weight is 779 g/mol. The molecule has 0 spiro atoms. The van der Waals surface area contributed by atoms with E-state index in [1.54, 1.807) is 0 Å². The fourth-order valence-corrected chi connectivity index (χ4v) is 9.04. The number of hydrogen-bond acceptors (Lipinski definition) is 4. The maximum absolute atomic E-state index is 6.69. The second-order valence-electron chi connectivity index (χ2n) is 15.8. The summed E-state index contributed by atoms with van der Waals surface area (Å²) < 4.78 is 8.96. The molecule has 0 unspecified atom stereocenters. The molecule has 292 valence electrons. The maximum atomic E-state index is 6.69. The quantitative estimate of drug-likeness (QED) is 0.154. The molecule has 0 saturated carbocycles. The summed E-state index contributed by atoms with van der Waals surface area (Å²) in [6, 6.07) is 55.6. The summed E-state index contributed by atoms with van der Waals surface area (Å²) in [7, 11) is 0. The lowest BCUT2D eigenvalue weighted by atomic mass is 9.88. The van der Waals surface area contributed by atoms with E-state index in [1.165, 1.54) is 61.3 Å². The average Bonchev–Trinajstić information content (AvgIpc) is 3.91. The Bertz CT molecular complexity index is 3020. The van der Waals surface area contributed by atoms with Crippen LogP contribution < -0.4 is 14.5 Å². The standard InChI is InChI=1S/C55H46N4O/c1-36-37(2)39(4)55(40(5)38(36)3)58-31-30-57(35-58)44-20-14-21-45(33-44)60-46-26-27-50-49-22-12-13-25-51(49)59(52(50)34-46)53-32-43(28-29-56-53)54-47(41-16-8-6-9-17-41)23-15-24-48(54)42-18-10-7-11-19-42/h6-34H,35H2,1-5H3. The van der Waals surface area contributed by atoms with Gasteiger partial charge in [-0.3, -0.25) is 4.57 Å². The molecule has 5 nitrogen and oxygen atoms in total. The number of pyridine rings is 1. The molecule has 1 aliphatic rings. The third-order valence-corrected chi connectivity index (χ3v) is 12.5. The minimum absolute atomic E-state index is 0.730. The van der Waals surface area contributed by atoms with E-state index in [2.05, 4.69) is 213 Å². The lowest BCUT2D eigenvalue weighted by Crippen LogP contribution is -2.26. The van der Waals surface area contributed by atoms with Gasteiger partial charge in [-0.05, 0) is 138 Å². The van der Waals surface area contributed by atoms with E-state index in [4.69, 9.17) is 9.72 Å². The van der Waals surface area contributed by atoms with Gasteiger partial charge >= 0.3 is 0 Å². The second-order valence-corrected chi connectivity index (χ2v) is 15.8. The van der Waals surface area contributed by atoms with Crippen molar-refractivity contribution >= 4 is 33.2 Å². The monoisotopic (exact) mass is 778 g/mol. The third kappa shape index (κ3) is 6.40. The lowest BCUT2D eigenvalue weighted by molar-refractivity contribution is 0.483. The zero-order chi connectivity index (χ0) is 40.9. The minimum Gasteiger partial charge on any atom is -0.457 e. The molecule has 0 bridgehead atoms. The molecule has 1 aliphatic heterocycles. The Kier molecular flexibility index (Phi) is 9.29. The van der Waals surface area contributed by atoms with Gasteiger partial charge in [0.25, 0.3) is 0 Å². The first-order chi connectivity index (χ1) is 29.3. The van der Waals surface area contributed by atoms with E-state index >= 15 is 0 Å². The van der Waals surface area contributed by atoms with E-state index < -0.39 is 0 Å². The van der Waals surface area contributed by atoms with Gasteiger partial charge in [0.15, 0.2) is 0 Å². The van der Waals surface area contributed by atoms with Gasteiger partial charge in [0.05, 0.1) is 17.7 Å². The topological polar surface area (TPSA) is 33.5 Å². The summed E-state index contributed by atoms with van der Waals surface area (Å²) in [5.74, 6) is 2.38. The second kappa shape index (κ2) is 15.1. The Balaban J connectivity index is 1.02. The SMILES string of the molecule is Cc1c(C)c(C)c(N2C=CN(c3cccc(Oc4ccc5c6ccccc6n(-c6cc(-c7c(-c8ccccc8)cccc7-c7ccccc7)ccn6)c5c4)c3)C2)c(C)c1C. The zero-order valence-electron chi connectivity index (χ0n) is 34.6. The number of nitrogens with zero attached hydrogens (tertiary/aromatic N) is 4. The summed E-state index contributed by atoms with van der Waals surface area (Å²) in [4.78, 5) is 9.67. The number of fused-ring (bicyclic) bond motifs is 3. The predicted octanol–water partition coefficient (Wildman–Crippen LogP) is 14.3. The highest BCUT2D eigenvalue weighted by atomic mass is 16.5. The Morgan fingerprint density at radius 3 is 1.78 bits per heavy atom. The molecule has 60 heavy (non-hydrogen) atoms. The smallest absolute Gasteiger partial charge is 0.138 e. The largest absolute Gasteiger partial charge is 0.457 e. The molecular formula is C55H46N4O. The van der Waals surface area contributed by atoms with Gasteiger partial charge in [0.2, 0.25) is 0 Å². The van der Waals surface area contributed by atoms with Crippen molar-refractivity contribution in [3.63, 3.8) is 0 Å². The van der Waals surface area contributed by atoms with E-state index in [-0.39, 0.29) is 0 Å². The van der Waals surface area contributed by atoms with Crippen LogP contribution in [0.25, 0.3) is 61.0 Å². The first-order valence-electron chi connectivity index (χ1n) is 20.6. The van der Waals surface area contributed by atoms with E-state index in [9.17, 15) is 0 Å². The van der Waals surface area contributed by atoms with Crippen LogP contribution in [0.4, 0.5) is 11.4 Å². The van der Waals surface area contributed by atoms with Crippen LogP contribution in [0.5, 0.6) is 11.5 Å². The number of benzene rings is 7. The van der Waals surface area contributed by atoms with Crippen LogP contribution in [0.2, 0.25) is 0 Å². The number of aromatic nitrogens is 2. The molecule has 2 aromatic heterocycles. The molecule has 5 heteroatoms. The third-order valence-electron chi connectivity index (χ3n) is 12.5. The molecular weight excluding hydrogens is 733 g/mol. The number of para-hydroxylation sites is 1. The number of rotatable bonds is 8. The Labute approximate surface area is 352 Å². The van der Waals surface area contributed by atoms with Crippen LogP contribution in [0.1, 0.15) is 27.8 Å². The van der Waals surface area contributed by atoms with Crippen molar-refractivity contribution < 1.29 is 4.74 Å². The zero-order valence-corrected chi connectivity index (χ0v) is 34.6. The Morgan fingerprint density at radius 1 is 0.467 bits per heavy atom. The van der Waals surface area contributed by atoms with Crippen molar-refractivity contribution in [1.82, 2.24) is 9.55 Å². The molecule has 7 aromatic carbocycles. The molecule has 0 aliphatic carbocycles. The lowest BCUT2D eigenvalue weighted by Gasteiger charge is -2.27. The van der Waals surface area contributed by atoms with Gasteiger partial charge in [-0.25, -0.2) is 4.98 Å². The van der Waals surface area contributed by atoms with Gasteiger partial charge in [0, 0.05) is 52.9 Å². The summed E-state index contributed by atoms with van der Waals surface area (Å²) in [6.07, 6.45) is 6.29. The van der Waals surface area contributed by atoms with Gasteiger partial charge in [-0.15, -0.1) is 0 Å². The molecule has 0 saturated heterocycles. The fraction of sp³-hybridized carbons (Fsp3) is 0.109. The van der Waals surface area contributed by atoms with Crippen LogP contribution in [-0.4, -0.2) is 16.2 Å². The fourth-order valence-electron chi connectivity index (χ4n) is 9.04. The van der Waals surface area contributed by atoms with Crippen molar-refractivity contribution in [3.8, 4) is 50.7 Å². The first-order valence-corrected chi connectivity index (χ1v) is 20.6. The molecule has 0 radical (unpaired) electrons. The number of ether oxygens (including phenoxy) is 1. The molecule has 0 atom stereocenters. The van der Waals surface area contributed by atoms with Crippen molar-refractivity contribution in [2.45, 2.75) is 34.6 Å². The highest BCUT2D eigenvalue weighted by Crippen LogP contribution is 2.42. The summed E-state index contributed by atoms with van der Waals surface area (Å²) >= 11 is 0. The van der Waals surface area contributed by atoms with Crippen molar-refractivity contribution in [3.05, 3.63) is 204 Å². The van der Waals surface area contributed by atoms with Crippen molar-refractivity contribution in [1.29, 1.82) is 0 Å². The van der Waals surface area contributed by atoms with Crippen LogP contribution in [0.15, 0.2) is 176 Å². The van der Waals surface area contributed by atoms with E-state index in [0.717, 1.165) is 57.0 Å². The Hall–Kier alpha value is -7.37. The minimum atomic E-state index is 0.730. The molecule has 0 amide bonds. The Morgan fingerprint density at radius 2 is 1.07 bits per heavy atom. The number of anilines is 2. The molecule has 9 aromatic rings. The predicted molar refractivity (Wildman–Crippen MR) is 250 cm³/mol. The van der Waals surface area contributed by atoms with Crippen molar-refractivity contribution in [2.24, 2.45) is 0 Å². The van der Waals surface area contributed by atoms with E-state index in [1.807, 2.05) is 12.3 Å². The maximum Gasteiger partial charge on any atom is 0.138 e. The first kappa shape index (κ1) is 36.9. The van der Waals surface area contributed by atoms with Crippen LogP contribution >= 0.6 is 0 Å². The molecule has 10 rings (SSSR count). The van der Waals surface area contributed by atoms with Gasteiger partial charge in [-0.2, -0.15) is 0 Å². The summed E-state index contributed by atoms with van der Waals surface area (Å²) in [5, 5.41) is 2.31. The van der Waals surface area contributed by atoms with Crippen LogP contribution in [0, 0.1) is 34.6 Å². The van der Waals surface area contributed by atoms with Crippen LogP contribution in [-0.2, 0) is 0 Å². The van der Waals surface area contributed by atoms with E-state index in [0.29, 0.717) is 0 Å². The summed E-state index contributed by atoms with van der Waals surface area (Å²) in [6.45, 7) is 11.9.